The van der Waals surface area contributed by atoms with Gasteiger partial charge in [0.25, 0.3) is 0 Å². The van der Waals surface area contributed by atoms with Crippen LogP contribution in [0.3, 0.4) is 0 Å². The summed E-state index contributed by atoms with van der Waals surface area (Å²) in [5.74, 6) is 3.96. The number of aliphatic hydroxyl groups is 1. The molecule has 0 bridgehead atoms. The first-order chi connectivity index (χ1) is 28.1. The van der Waals surface area contributed by atoms with E-state index in [4.69, 9.17) is 19.9 Å². The number of aliphatic hydroxyl groups excluding tert-OH is 1. The number of rotatable bonds is 11. The number of anilines is 4. The highest BCUT2D eigenvalue weighted by atomic mass is 16.3. The summed E-state index contributed by atoms with van der Waals surface area (Å²) in [4.78, 5) is 37.9. The molecule has 2 aromatic carbocycles. The summed E-state index contributed by atoms with van der Waals surface area (Å²) in [6, 6.07) is 25.7. The second-order valence-electron chi connectivity index (χ2n) is 15.6. The molecule has 1 saturated carbocycles. The molecule has 6 N–H and O–H groups in total. The van der Waals surface area contributed by atoms with Crippen molar-refractivity contribution >= 4 is 67.4 Å². The van der Waals surface area contributed by atoms with E-state index in [0.717, 1.165) is 90.9 Å². The number of nitrogens with one attached hydrogen (secondary N) is 5. The first-order valence-corrected chi connectivity index (χ1v) is 20.1. The van der Waals surface area contributed by atoms with Crippen LogP contribution in [0.2, 0.25) is 0 Å². The van der Waals surface area contributed by atoms with Crippen LogP contribution in [0.15, 0.2) is 91.4 Å². The summed E-state index contributed by atoms with van der Waals surface area (Å²) < 4.78 is 0. The average molecular weight is 759 g/mol. The van der Waals surface area contributed by atoms with Gasteiger partial charge in [-0.1, -0.05) is 30.7 Å². The van der Waals surface area contributed by atoms with Gasteiger partial charge in [0.2, 0.25) is 0 Å². The predicted octanol–water partition coefficient (Wildman–Crippen LogP) is 7.90. The molecule has 1 aliphatic carbocycles. The van der Waals surface area contributed by atoms with Crippen molar-refractivity contribution < 1.29 is 5.11 Å². The number of pyridine rings is 2. The molecular formula is C44H46N12O. The quantitative estimate of drug-likeness (QED) is 0.0759. The number of aromatic nitrogens is 8. The minimum atomic E-state index is 0.257. The highest BCUT2D eigenvalue weighted by molar-refractivity contribution is 5.82. The second kappa shape index (κ2) is 15.3. The number of piperidine rings is 1. The van der Waals surface area contributed by atoms with Gasteiger partial charge in [-0.05, 0) is 108 Å². The van der Waals surface area contributed by atoms with E-state index >= 15 is 0 Å². The Morgan fingerprint density at radius 1 is 0.684 bits per heavy atom. The lowest BCUT2D eigenvalue weighted by Crippen LogP contribution is -2.35. The Kier molecular flexibility index (Phi) is 9.42. The zero-order valence-electron chi connectivity index (χ0n) is 31.7. The van der Waals surface area contributed by atoms with E-state index in [-0.39, 0.29) is 6.61 Å². The first kappa shape index (κ1) is 35.1. The Balaban J connectivity index is 0.767. The number of H-pyrrole nitrogens is 2. The SMILES string of the molecule is OCC1CCN(c2ccc3ncc(NCc4ccc5cc(C6CCCC(Nc7ccc8ncc(NCc9ccc%10cc[nH]c%10c9)nc8n7)C6)[nH]c5c4)nc3n2)CC1. The molecule has 1 saturated heterocycles. The molecule has 2 unspecified atom stereocenters. The van der Waals surface area contributed by atoms with E-state index in [1.807, 2.05) is 30.5 Å². The van der Waals surface area contributed by atoms with Crippen LogP contribution in [-0.4, -0.2) is 70.7 Å². The van der Waals surface area contributed by atoms with Gasteiger partial charge in [0, 0.05) is 67.7 Å². The highest BCUT2D eigenvalue weighted by Gasteiger charge is 2.25. The maximum atomic E-state index is 9.51. The van der Waals surface area contributed by atoms with Crippen molar-refractivity contribution in [2.75, 3.05) is 40.5 Å². The zero-order chi connectivity index (χ0) is 38.1. The summed E-state index contributed by atoms with van der Waals surface area (Å²) in [6.07, 6.45) is 11.9. The van der Waals surface area contributed by atoms with Crippen LogP contribution in [0.5, 0.6) is 0 Å². The van der Waals surface area contributed by atoms with Crippen LogP contribution in [0.1, 0.15) is 61.3 Å². The summed E-state index contributed by atoms with van der Waals surface area (Å²) in [6.45, 7) is 3.31. The molecule has 6 aromatic heterocycles. The van der Waals surface area contributed by atoms with Gasteiger partial charge in [-0.3, -0.25) is 0 Å². The van der Waals surface area contributed by atoms with Crippen molar-refractivity contribution in [3.63, 3.8) is 0 Å². The first-order valence-electron chi connectivity index (χ1n) is 20.1. The highest BCUT2D eigenvalue weighted by Crippen LogP contribution is 2.35. The van der Waals surface area contributed by atoms with Gasteiger partial charge >= 0.3 is 0 Å². The topological polar surface area (TPSA) is 168 Å². The maximum absolute atomic E-state index is 9.51. The zero-order valence-corrected chi connectivity index (χ0v) is 31.7. The van der Waals surface area contributed by atoms with Crippen LogP contribution >= 0.6 is 0 Å². The number of nitrogens with zero attached hydrogens (tertiary/aromatic N) is 7. The molecule has 1 aliphatic heterocycles. The Bertz CT molecular complexity index is 2680. The van der Waals surface area contributed by atoms with Gasteiger partial charge in [0.15, 0.2) is 11.3 Å². The normalized spacial score (nSPS) is 17.8. The van der Waals surface area contributed by atoms with E-state index in [1.165, 1.54) is 22.0 Å². The van der Waals surface area contributed by atoms with Gasteiger partial charge in [-0.2, -0.15) is 0 Å². The van der Waals surface area contributed by atoms with Gasteiger partial charge < -0.3 is 35.9 Å². The molecule has 0 spiro atoms. The number of benzene rings is 2. The van der Waals surface area contributed by atoms with Crippen molar-refractivity contribution in [1.29, 1.82) is 0 Å². The maximum Gasteiger partial charge on any atom is 0.182 e. The Labute approximate surface area is 329 Å². The van der Waals surface area contributed by atoms with Crippen molar-refractivity contribution in [2.24, 2.45) is 5.92 Å². The molecule has 2 aliphatic rings. The third kappa shape index (κ3) is 7.62. The summed E-state index contributed by atoms with van der Waals surface area (Å²) >= 11 is 0. The van der Waals surface area contributed by atoms with Crippen molar-refractivity contribution in [2.45, 2.75) is 63.6 Å². The van der Waals surface area contributed by atoms with Gasteiger partial charge in [-0.15, -0.1) is 0 Å². The third-order valence-corrected chi connectivity index (χ3v) is 11.7. The molecule has 7 heterocycles. The molecule has 10 rings (SSSR count). The fourth-order valence-corrected chi connectivity index (χ4v) is 8.49. The lowest BCUT2D eigenvalue weighted by atomic mass is 9.83. The molecule has 13 heteroatoms. The van der Waals surface area contributed by atoms with Crippen molar-refractivity contribution in [1.82, 2.24) is 39.9 Å². The largest absolute Gasteiger partial charge is 0.396 e. The lowest BCUT2D eigenvalue weighted by molar-refractivity contribution is 0.203. The molecule has 288 valence electrons. The van der Waals surface area contributed by atoms with E-state index < -0.39 is 0 Å². The number of hydrogen-bond acceptors (Lipinski definition) is 11. The molecule has 2 fully saturated rings. The molecule has 57 heavy (non-hydrogen) atoms. The van der Waals surface area contributed by atoms with E-state index in [9.17, 15) is 5.11 Å². The molecular weight excluding hydrogens is 713 g/mol. The smallest absolute Gasteiger partial charge is 0.182 e. The molecule has 0 radical (unpaired) electrons. The van der Waals surface area contributed by atoms with E-state index in [0.29, 0.717) is 53.9 Å². The Morgan fingerprint density at radius 3 is 2.16 bits per heavy atom. The van der Waals surface area contributed by atoms with E-state index in [1.54, 1.807) is 12.4 Å². The molecule has 8 aromatic rings. The monoisotopic (exact) mass is 758 g/mol. The van der Waals surface area contributed by atoms with Gasteiger partial charge in [-0.25, -0.2) is 29.9 Å². The average Bonchev–Trinajstić information content (AvgIpc) is 3.92. The van der Waals surface area contributed by atoms with Crippen molar-refractivity contribution in [3.05, 3.63) is 108 Å². The van der Waals surface area contributed by atoms with Gasteiger partial charge in [0.05, 0.1) is 12.4 Å². The van der Waals surface area contributed by atoms with Crippen LogP contribution in [0, 0.1) is 5.92 Å². The Hall–Kier alpha value is -6.34. The number of aromatic amines is 2. The summed E-state index contributed by atoms with van der Waals surface area (Å²) in [5, 5.41) is 22.5. The molecule has 13 nitrogen and oxygen atoms in total. The van der Waals surface area contributed by atoms with Gasteiger partial charge in [0.1, 0.15) is 34.3 Å². The minimum Gasteiger partial charge on any atom is -0.396 e. The number of hydrogen-bond donors (Lipinski definition) is 6. The predicted molar refractivity (Wildman–Crippen MR) is 227 cm³/mol. The molecule has 0 amide bonds. The molecule has 2 atom stereocenters. The van der Waals surface area contributed by atoms with Crippen LogP contribution in [-0.2, 0) is 13.1 Å². The third-order valence-electron chi connectivity index (χ3n) is 11.7. The summed E-state index contributed by atoms with van der Waals surface area (Å²) in [5.41, 5.74) is 8.69. The fraction of sp³-hybridized carbons (Fsp3) is 0.318. The van der Waals surface area contributed by atoms with E-state index in [2.05, 4.69) is 89.3 Å². The minimum absolute atomic E-state index is 0.257. The Morgan fingerprint density at radius 2 is 1.39 bits per heavy atom. The second-order valence-corrected chi connectivity index (χ2v) is 15.6. The van der Waals surface area contributed by atoms with Crippen LogP contribution < -0.4 is 20.9 Å². The number of fused-ring (bicyclic) bond motifs is 4. The van der Waals surface area contributed by atoms with Crippen LogP contribution in [0.4, 0.5) is 23.3 Å². The lowest BCUT2D eigenvalue weighted by Gasteiger charge is -2.31. The summed E-state index contributed by atoms with van der Waals surface area (Å²) in [7, 11) is 0. The van der Waals surface area contributed by atoms with Crippen molar-refractivity contribution in [3.8, 4) is 0 Å². The van der Waals surface area contributed by atoms with Crippen LogP contribution in [0.25, 0.3) is 44.1 Å². The standard InChI is InChI=1S/C44H46N12O/c57-26-27-13-16-56(17-14-27)42-11-9-35-44(55-42)54-41(25-47-35)49-23-29-5-7-32-21-38(51-37(32)19-29)31-2-1-3-33(20-31)50-39-10-8-34-43(52-39)53-40(24-46-34)48-22-28-4-6-30-12-15-45-36(30)18-28/h4-12,15,18-19,21,24-25,27,31,33,45,51,57H,1-3,13-14,16-17,20,22-23,26H2,(H,49,54,55)(H2,48,50,52,53). The fourth-order valence-electron chi connectivity index (χ4n) is 8.49.